The zero-order valence-electron chi connectivity index (χ0n) is 15.7. The Kier molecular flexibility index (Phi) is 6.71. The number of carbonyl (C=O) groups excluding carboxylic acids is 2. The maximum absolute atomic E-state index is 14.9. The van der Waals surface area contributed by atoms with Crippen molar-refractivity contribution in [1.29, 1.82) is 0 Å². The number of nitrogens with one attached hydrogen (secondary N) is 1. The summed E-state index contributed by atoms with van der Waals surface area (Å²) in [5.41, 5.74) is 2.14. The summed E-state index contributed by atoms with van der Waals surface area (Å²) in [5.74, 6) is -1.11. The molecule has 0 bridgehead atoms. The Morgan fingerprint density at radius 2 is 1.68 bits per heavy atom. The van der Waals surface area contributed by atoms with Crippen LogP contribution in [-0.2, 0) is 9.59 Å². The molecule has 3 rings (SSSR count). The number of piperidine rings is 2. The second kappa shape index (κ2) is 8.56. The molecule has 5 heteroatoms. The second-order valence-corrected chi connectivity index (χ2v) is 6.76. The van der Waals surface area contributed by atoms with Gasteiger partial charge in [-0.05, 0) is 63.4 Å². The first kappa shape index (κ1) is 19.6. The van der Waals surface area contributed by atoms with Crippen molar-refractivity contribution in [2.75, 3.05) is 20.1 Å². The van der Waals surface area contributed by atoms with E-state index in [1.54, 1.807) is 13.0 Å². The third-order valence-corrected chi connectivity index (χ3v) is 5.23. The largest absolute Gasteiger partial charge is 0.306 e. The maximum atomic E-state index is 14.9. The van der Waals surface area contributed by atoms with Gasteiger partial charge in [-0.15, -0.1) is 0 Å². The summed E-state index contributed by atoms with van der Waals surface area (Å²) in [6.07, 6.45) is 2.73. The molecule has 138 valence electrons. The average molecular weight is 348 g/mol. The minimum Gasteiger partial charge on any atom is -0.306 e. The van der Waals surface area contributed by atoms with Gasteiger partial charge in [-0.25, -0.2) is 4.39 Å². The molecule has 25 heavy (non-hydrogen) atoms. The molecule has 0 aliphatic carbocycles. The normalized spacial score (nSPS) is 22.2. The lowest BCUT2D eigenvalue weighted by molar-refractivity contribution is -0.134. The summed E-state index contributed by atoms with van der Waals surface area (Å²) in [5, 5.41) is 2.31. The molecular weight excluding hydrogens is 319 g/mol. The molecule has 1 unspecified atom stereocenters. The van der Waals surface area contributed by atoms with Gasteiger partial charge in [0.15, 0.2) is 0 Å². The number of carbonyl (C=O) groups is 2. The molecule has 0 spiro atoms. The molecule has 2 heterocycles. The first-order valence-corrected chi connectivity index (χ1v) is 9.28. The zero-order chi connectivity index (χ0) is 18.6. The monoisotopic (exact) mass is 348 g/mol. The molecule has 1 atom stereocenters. The van der Waals surface area contributed by atoms with Gasteiger partial charge >= 0.3 is 0 Å². The molecule has 0 saturated carbocycles. The van der Waals surface area contributed by atoms with Gasteiger partial charge in [0.25, 0.3) is 0 Å². The summed E-state index contributed by atoms with van der Waals surface area (Å²) in [4.78, 5) is 25.5. The number of benzene rings is 1. The van der Waals surface area contributed by atoms with E-state index in [9.17, 15) is 14.0 Å². The van der Waals surface area contributed by atoms with Crippen molar-refractivity contribution >= 4 is 11.8 Å². The second-order valence-electron chi connectivity index (χ2n) is 6.76. The minimum absolute atomic E-state index is 0.269. The van der Waals surface area contributed by atoms with Crippen LogP contribution in [0, 0.1) is 12.7 Å². The average Bonchev–Trinajstić information content (AvgIpc) is 2.61. The third-order valence-electron chi connectivity index (χ3n) is 5.23. The van der Waals surface area contributed by atoms with E-state index >= 15 is 0 Å². The molecule has 2 aliphatic rings. The van der Waals surface area contributed by atoms with Gasteiger partial charge in [0.05, 0.1) is 5.92 Å². The van der Waals surface area contributed by atoms with Crippen LogP contribution < -0.4 is 5.32 Å². The highest BCUT2D eigenvalue weighted by atomic mass is 19.1. The van der Waals surface area contributed by atoms with Gasteiger partial charge in [-0.1, -0.05) is 26.0 Å². The van der Waals surface area contributed by atoms with Crippen molar-refractivity contribution in [3.8, 4) is 0 Å². The quantitative estimate of drug-likeness (QED) is 0.833. The molecule has 2 aliphatic heterocycles. The van der Waals surface area contributed by atoms with Crippen molar-refractivity contribution in [3.63, 3.8) is 0 Å². The third kappa shape index (κ3) is 4.27. The van der Waals surface area contributed by atoms with Crippen LogP contribution in [0.2, 0.25) is 0 Å². The zero-order valence-corrected chi connectivity index (χ0v) is 15.7. The van der Waals surface area contributed by atoms with Crippen LogP contribution in [0.4, 0.5) is 4.39 Å². The van der Waals surface area contributed by atoms with Crippen LogP contribution in [-0.4, -0.2) is 36.9 Å². The van der Waals surface area contributed by atoms with Gasteiger partial charge in [0.2, 0.25) is 11.8 Å². The first-order chi connectivity index (χ1) is 12.0. The molecule has 1 aromatic carbocycles. The fourth-order valence-electron chi connectivity index (χ4n) is 3.74. The topological polar surface area (TPSA) is 49.4 Å². The molecule has 4 nitrogen and oxygen atoms in total. The van der Waals surface area contributed by atoms with Gasteiger partial charge in [-0.3, -0.25) is 14.9 Å². The highest BCUT2D eigenvalue weighted by molar-refractivity contribution is 6.00. The smallest absolute Gasteiger partial charge is 0.234 e. The lowest BCUT2D eigenvalue weighted by Crippen LogP contribution is -2.39. The van der Waals surface area contributed by atoms with E-state index in [-0.39, 0.29) is 24.1 Å². The molecular formula is C20H29FN2O2. The fraction of sp³-hybridized carbons (Fsp3) is 0.600. The standard InChI is InChI=1S/C18H23FN2O2.C2H6/c1-11-13(12-7-9-21(2)10-8-12)3-4-14(17(11)19)15-5-6-16(22)20-18(15)23;1-2/h3-4,12,15H,5-10H2,1-2H3,(H,20,22,23);1-2H3. The van der Waals surface area contributed by atoms with Crippen LogP contribution in [0.25, 0.3) is 0 Å². The van der Waals surface area contributed by atoms with Crippen molar-refractivity contribution in [2.45, 2.75) is 58.3 Å². The number of amides is 2. The van der Waals surface area contributed by atoms with Gasteiger partial charge < -0.3 is 4.90 Å². The highest BCUT2D eigenvalue weighted by Crippen LogP contribution is 2.35. The van der Waals surface area contributed by atoms with E-state index in [0.717, 1.165) is 31.5 Å². The van der Waals surface area contributed by atoms with Crippen LogP contribution in [0.15, 0.2) is 12.1 Å². The Hall–Kier alpha value is -1.75. The lowest BCUT2D eigenvalue weighted by atomic mass is 9.83. The van der Waals surface area contributed by atoms with Gasteiger partial charge in [0, 0.05) is 12.0 Å². The van der Waals surface area contributed by atoms with E-state index in [2.05, 4.69) is 17.3 Å². The van der Waals surface area contributed by atoms with E-state index in [1.165, 1.54) is 0 Å². The summed E-state index contributed by atoms with van der Waals surface area (Å²) in [6, 6.07) is 3.73. The van der Waals surface area contributed by atoms with E-state index in [0.29, 0.717) is 23.5 Å². The van der Waals surface area contributed by atoms with Crippen molar-refractivity contribution in [2.24, 2.45) is 0 Å². The number of imide groups is 1. The Bertz CT molecular complexity index is 637. The highest BCUT2D eigenvalue weighted by Gasteiger charge is 2.31. The van der Waals surface area contributed by atoms with Crippen molar-refractivity contribution in [3.05, 3.63) is 34.6 Å². The predicted molar refractivity (Wildman–Crippen MR) is 97.1 cm³/mol. The van der Waals surface area contributed by atoms with Crippen LogP contribution in [0.1, 0.15) is 68.1 Å². The molecule has 0 radical (unpaired) electrons. The summed E-state index contributed by atoms with van der Waals surface area (Å²) in [7, 11) is 2.11. The summed E-state index contributed by atoms with van der Waals surface area (Å²) < 4.78 is 14.9. The van der Waals surface area contributed by atoms with Crippen LogP contribution >= 0.6 is 0 Å². The van der Waals surface area contributed by atoms with Crippen LogP contribution in [0.5, 0.6) is 0 Å². The number of likely N-dealkylation sites (tertiary alicyclic amines) is 1. The maximum Gasteiger partial charge on any atom is 0.234 e. The Morgan fingerprint density at radius 1 is 1.08 bits per heavy atom. The number of hydrogen-bond acceptors (Lipinski definition) is 3. The fourth-order valence-corrected chi connectivity index (χ4v) is 3.74. The van der Waals surface area contributed by atoms with E-state index < -0.39 is 5.92 Å². The minimum atomic E-state index is -0.557. The molecule has 2 amide bonds. The van der Waals surface area contributed by atoms with E-state index in [4.69, 9.17) is 0 Å². The summed E-state index contributed by atoms with van der Waals surface area (Å²) in [6.45, 7) is 7.86. The molecule has 2 saturated heterocycles. The van der Waals surface area contributed by atoms with Crippen molar-refractivity contribution in [1.82, 2.24) is 10.2 Å². The molecule has 1 N–H and O–H groups in total. The number of rotatable bonds is 2. The number of nitrogens with zero attached hydrogens (tertiary/aromatic N) is 1. The SMILES string of the molecule is CC.Cc1c(C2CCN(C)CC2)ccc(C2CCC(=O)NC2=O)c1F. The Morgan fingerprint density at radius 3 is 2.28 bits per heavy atom. The molecule has 2 fully saturated rings. The van der Waals surface area contributed by atoms with Crippen molar-refractivity contribution < 1.29 is 14.0 Å². The predicted octanol–water partition coefficient (Wildman–Crippen LogP) is 3.49. The van der Waals surface area contributed by atoms with E-state index in [1.807, 2.05) is 19.9 Å². The lowest BCUT2D eigenvalue weighted by Gasteiger charge is -2.31. The first-order valence-electron chi connectivity index (χ1n) is 9.28. The Labute approximate surface area is 149 Å². The number of hydrogen-bond donors (Lipinski definition) is 1. The molecule has 1 aromatic rings. The summed E-state index contributed by atoms with van der Waals surface area (Å²) >= 11 is 0. The van der Waals surface area contributed by atoms with Gasteiger partial charge in [-0.2, -0.15) is 0 Å². The Balaban J connectivity index is 0.00000109. The number of halogens is 1. The molecule has 0 aromatic heterocycles. The van der Waals surface area contributed by atoms with Crippen LogP contribution in [0.3, 0.4) is 0 Å². The van der Waals surface area contributed by atoms with Gasteiger partial charge in [0.1, 0.15) is 5.82 Å².